The summed E-state index contributed by atoms with van der Waals surface area (Å²) in [5.41, 5.74) is 0. The van der Waals surface area contributed by atoms with Gasteiger partial charge >= 0.3 is 37.7 Å². The number of hydrogen-bond donors (Lipinski definition) is 0. The molecule has 0 nitrogen and oxygen atoms in total. The van der Waals surface area contributed by atoms with Gasteiger partial charge in [-0.05, 0) is 10.6 Å². The molecule has 0 aromatic heterocycles. The molecule has 0 aliphatic carbocycles. The van der Waals surface area contributed by atoms with Crippen molar-refractivity contribution in [2.75, 3.05) is 0 Å². The van der Waals surface area contributed by atoms with Crippen molar-refractivity contribution in [1.29, 1.82) is 0 Å². The monoisotopic (exact) mass is 156 g/mol. The van der Waals surface area contributed by atoms with Crippen molar-refractivity contribution in [1.82, 2.24) is 0 Å². The topological polar surface area (TPSA) is 0 Å². The van der Waals surface area contributed by atoms with Gasteiger partial charge in [-0.25, -0.2) is 0 Å². The molecular weight excluding hydrogens is 148 g/mol. The fourth-order valence-electron chi connectivity index (χ4n) is 0.511. The number of hydrogen-bond acceptors (Lipinski definition) is 0. The van der Waals surface area contributed by atoms with Crippen LogP contribution in [-0.4, -0.2) is 0 Å². The van der Waals surface area contributed by atoms with E-state index in [0.29, 0.717) is 0 Å². The fourth-order valence-corrected chi connectivity index (χ4v) is 0.926. The van der Waals surface area contributed by atoms with E-state index in [1.165, 1.54) is 10.6 Å². The van der Waals surface area contributed by atoms with Crippen LogP contribution in [0.3, 0.4) is 0 Å². The Kier molecular flexibility index (Phi) is 9.62. The Morgan fingerprint density at radius 2 is 1.10 bits per heavy atom. The van der Waals surface area contributed by atoms with E-state index in [9.17, 15) is 0 Å². The Labute approximate surface area is 90.7 Å². The molecule has 0 aliphatic rings. The predicted octanol–water partition coefficient (Wildman–Crippen LogP) is -5.30. The van der Waals surface area contributed by atoms with E-state index in [0.717, 1.165) is 0 Å². The average molecular weight is 156 g/mol. The summed E-state index contributed by atoms with van der Waals surface area (Å²) in [6.07, 6.45) is 0. The summed E-state index contributed by atoms with van der Waals surface area (Å²) in [7, 11) is 5.33. The molecule has 0 saturated carbocycles. The van der Waals surface area contributed by atoms with Gasteiger partial charge in [-0.3, -0.25) is 0 Å². The van der Waals surface area contributed by atoms with Gasteiger partial charge in [-0.2, -0.15) is 0 Å². The molecule has 1 aromatic rings. The molecule has 0 radical (unpaired) electrons. The number of benzene rings is 1. The molecule has 42 valence electrons. The Morgan fingerprint density at radius 1 is 0.800 bits per heavy atom. The SMILES string of the molecule is Pc1ccccc1P.[Li+].[Li+]. The summed E-state index contributed by atoms with van der Waals surface area (Å²) in [6, 6.07) is 8.17. The van der Waals surface area contributed by atoms with Crippen LogP contribution >= 0.6 is 18.5 Å². The van der Waals surface area contributed by atoms with Gasteiger partial charge in [-0.15, -0.1) is 18.5 Å². The maximum absolute atomic E-state index is 2.67. The van der Waals surface area contributed by atoms with Crippen molar-refractivity contribution in [2.45, 2.75) is 0 Å². The molecule has 0 saturated heterocycles. The first-order chi connectivity index (χ1) is 3.80. The van der Waals surface area contributed by atoms with E-state index in [4.69, 9.17) is 0 Å². The van der Waals surface area contributed by atoms with Crippen molar-refractivity contribution in [3.05, 3.63) is 24.3 Å². The standard InChI is InChI=1S/C6H8P2.2Li/c7-5-3-1-2-4-6(5)8;;/h1-4H,7-8H2;;/q;2*+1. The molecule has 4 heteroatoms. The van der Waals surface area contributed by atoms with Gasteiger partial charge in [0.15, 0.2) is 0 Å². The summed E-state index contributed by atoms with van der Waals surface area (Å²) in [5, 5.41) is 2.50. The van der Waals surface area contributed by atoms with Crippen LogP contribution in [0.2, 0.25) is 0 Å². The molecule has 2 atom stereocenters. The van der Waals surface area contributed by atoms with Crippen LogP contribution in [0.1, 0.15) is 0 Å². The van der Waals surface area contributed by atoms with Crippen LogP contribution in [0.25, 0.3) is 0 Å². The van der Waals surface area contributed by atoms with E-state index >= 15 is 0 Å². The summed E-state index contributed by atoms with van der Waals surface area (Å²) in [6.45, 7) is 0. The van der Waals surface area contributed by atoms with Crippen LogP contribution in [0.4, 0.5) is 0 Å². The predicted molar refractivity (Wildman–Crippen MR) is 45.1 cm³/mol. The van der Waals surface area contributed by atoms with Crippen molar-refractivity contribution < 1.29 is 37.7 Å². The van der Waals surface area contributed by atoms with E-state index in [1.54, 1.807) is 0 Å². The van der Waals surface area contributed by atoms with Crippen LogP contribution in [0.15, 0.2) is 24.3 Å². The van der Waals surface area contributed by atoms with E-state index in [1.807, 2.05) is 12.1 Å². The molecule has 0 spiro atoms. The molecular formula is C6H8Li2P2+2. The minimum absolute atomic E-state index is 0. The van der Waals surface area contributed by atoms with Crippen LogP contribution in [0.5, 0.6) is 0 Å². The van der Waals surface area contributed by atoms with Gasteiger partial charge < -0.3 is 0 Å². The first-order valence-electron chi connectivity index (χ1n) is 2.40. The second-order valence-corrected chi connectivity index (χ2v) is 2.87. The van der Waals surface area contributed by atoms with Crippen molar-refractivity contribution in [3.8, 4) is 0 Å². The van der Waals surface area contributed by atoms with E-state index < -0.39 is 0 Å². The van der Waals surface area contributed by atoms with Gasteiger partial charge in [-0.1, -0.05) is 24.3 Å². The minimum atomic E-state index is 0. The smallest absolute Gasteiger partial charge is 0.105 e. The second-order valence-electron chi connectivity index (χ2n) is 1.63. The van der Waals surface area contributed by atoms with E-state index in [2.05, 4.69) is 30.6 Å². The van der Waals surface area contributed by atoms with Crippen LogP contribution in [0, 0.1) is 0 Å². The zero-order valence-corrected chi connectivity index (χ0v) is 8.77. The van der Waals surface area contributed by atoms with Gasteiger partial charge in [0.25, 0.3) is 0 Å². The quantitative estimate of drug-likeness (QED) is 0.260. The third-order valence-corrected chi connectivity index (χ3v) is 2.38. The molecule has 1 aromatic carbocycles. The van der Waals surface area contributed by atoms with Gasteiger partial charge in [0, 0.05) is 0 Å². The first-order valence-corrected chi connectivity index (χ1v) is 3.56. The molecule has 0 fully saturated rings. The molecule has 0 heterocycles. The van der Waals surface area contributed by atoms with Crippen LogP contribution < -0.4 is 48.3 Å². The normalized spacial score (nSPS) is 7.40. The van der Waals surface area contributed by atoms with Gasteiger partial charge in [0.2, 0.25) is 0 Å². The van der Waals surface area contributed by atoms with E-state index in [-0.39, 0.29) is 37.7 Å². The molecule has 0 N–H and O–H groups in total. The average Bonchev–Trinajstić information content (AvgIpc) is 1.77. The second kappa shape index (κ2) is 6.95. The summed E-state index contributed by atoms with van der Waals surface area (Å²) in [4.78, 5) is 0. The Morgan fingerprint density at radius 3 is 1.30 bits per heavy atom. The molecule has 0 bridgehead atoms. The van der Waals surface area contributed by atoms with Crippen molar-refractivity contribution in [2.24, 2.45) is 0 Å². The first kappa shape index (κ1) is 13.8. The Balaban J connectivity index is 0. The number of rotatable bonds is 0. The van der Waals surface area contributed by atoms with Gasteiger partial charge in [0.05, 0.1) is 0 Å². The Bertz CT molecular complexity index is 170. The fraction of sp³-hybridized carbons (Fsp3) is 0. The maximum atomic E-state index is 2.67. The summed E-state index contributed by atoms with van der Waals surface area (Å²) < 4.78 is 0. The van der Waals surface area contributed by atoms with Crippen LogP contribution in [-0.2, 0) is 0 Å². The molecule has 10 heavy (non-hydrogen) atoms. The molecule has 0 aliphatic heterocycles. The molecule has 2 unspecified atom stereocenters. The third kappa shape index (κ3) is 4.21. The largest absolute Gasteiger partial charge is 1.00 e. The molecule has 0 amide bonds. The van der Waals surface area contributed by atoms with Crippen molar-refractivity contribution >= 4 is 29.1 Å². The Hall–Kier alpha value is 1.27. The van der Waals surface area contributed by atoms with Gasteiger partial charge in [0.1, 0.15) is 0 Å². The van der Waals surface area contributed by atoms with Crippen molar-refractivity contribution in [3.63, 3.8) is 0 Å². The summed E-state index contributed by atoms with van der Waals surface area (Å²) >= 11 is 0. The summed E-state index contributed by atoms with van der Waals surface area (Å²) in [5.74, 6) is 0. The minimum Gasteiger partial charge on any atom is -0.105 e. The zero-order chi connectivity index (χ0) is 5.98. The maximum Gasteiger partial charge on any atom is 1.00 e. The molecule has 1 rings (SSSR count). The zero-order valence-electron chi connectivity index (χ0n) is 6.46. The third-order valence-electron chi connectivity index (χ3n) is 0.996.